The van der Waals surface area contributed by atoms with E-state index in [2.05, 4.69) is 17.6 Å². The maximum absolute atomic E-state index is 12.6. The van der Waals surface area contributed by atoms with Crippen LogP contribution in [0.1, 0.15) is 81.5 Å². The van der Waals surface area contributed by atoms with E-state index in [9.17, 15) is 9.59 Å². The summed E-state index contributed by atoms with van der Waals surface area (Å²) in [5.41, 5.74) is 1.93. The Morgan fingerprint density at radius 3 is 2.28 bits per heavy atom. The monoisotopic (exact) mass is 436 g/mol. The minimum absolute atomic E-state index is 0.0779. The van der Waals surface area contributed by atoms with Crippen molar-refractivity contribution in [3.63, 3.8) is 0 Å². The molecule has 172 valence electrons. The Hall–Kier alpha value is -2.82. The van der Waals surface area contributed by atoms with Crippen LogP contribution in [0.5, 0.6) is 5.75 Å². The molecular formula is C27H36N2O3. The second-order valence-corrected chi connectivity index (χ2v) is 8.65. The van der Waals surface area contributed by atoms with Crippen LogP contribution in [-0.2, 0) is 4.79 Å². The lowest BCUT2D eigenvalue weighted by molar-refractivity contribution is -0.120. The molecule has 0 radical (unpaired) electrons. The van der Waals surface area contributed by atoms with Crippen LogP contribution in [0.25, 0.3) is 0 Å². The number of unbranched alkanes of at least 4 members (excludes halogenated alkanes) is 4. The standard InChI is InChI=1S/C27H36N2O3/c1-2-3-4-5-9-19-32-25-17-15-22(16-18-25)27(31)29-24-14-10-13-23(20-24)28-26(30)21-11-7-6-8-12-21/h10,13-18,20-21H,2-9,11-12,19H2,1H3,(H,28,30)(H,29,31). The second-order valence-electron chi connectivity index (χ2n) is 8.65. The normalized spacial score (nSPS) is 14.0. The Balaban J connectivity index is 1.47. The van der Waals surface area contributed by atoms with E-state index in [-0.39, 0.29) is 17.7 Å². The number of ether oxygens (including phenoxy) is 1. The fraction of sp³-hybridized carbons (Fsp3) is 0.481. The quantitative estimate of drug-likeness (QED) is 0.380. The third-order valence-corrected chi connectivity index (χ3v) is 6.00. The van der Waals surface area contributed by atoms with Gasteiger partial charge >= 0.3 is 0 Å². The van der Waals surface area contributed by atoms with Crippen molar-refractivity contribution in [2.24, 2.45) is 5.92 Å². The van der Waals surface area contributed by atoms with Crippen molar-refractivity contribution in [3.8, 4) is 5.75 Å². The average Bonchev–Trinajstić information content (AvgIpc) is 2.82. The van der Waals surface area contributed by atoms with Crippen LogP contribution in [0.4, 0.5) is 11.4 Å². The van der Waals surface area contributed by atoms with Gasteiger partial charge in [-0.3, -0.25) is 9.59 Å². The maximum Gasteiger partial charge on any atom is 0.255 e. The van der Waals surface area contributed by atoms with Crippen molar-refractivity contribution >= 4 is 23.2 Å². The van der Waals surface area contributed by atoms with E-state index in [4.69, 9.17) is 4.74 Å². The van der Waals surface area contributed by atoms with Crippen molar-refractivity contribution in [1.82, 2.24) is 0 Å². The van der Waals surface area contributed by atoms with Crippen LogP contribution >= 0.6 is 0 Å². The van der Waals surface area contributed by atoms with Gasteiger partial charge in [-0.15, -0.1) is 0 Å². The minimum Gasteiger partial charge on any atom is -0.494 e. The molecule has 2 aromatic rings. The van der Waals surface area contributed by atoms with Crippen molar-refractivity contribution < 1.29 is 14.3 Å². The Kier molecular flexibility index (Phi) is 9.60. The molecule has 3 rings (SSSR count). The SMILES string of the molecule is CCCCCCCOc1ccc(C(=O)Nc2cccc(NC(=O)C3CCCCC3)c2)cc1. The van der Waals surface area contributed by atoms with E-state index in [0.717, 1.165) is 37.9 Å². The van der Waals surface area contributed by atoms with Gasteiger partial charge in [-0.05, 0) is 61.7 Å². The predicted octanol–water partition coefficient (Wildman–Crippen LogP) is 6.81. The highest BCUT2D eigenvalue weighted by atomic mass is 16.5. The topological polar surface area (TPSA) is 67.4 Å². The van der Waals surface area contributed by atoms with Gasteiger partial charge in [-0.25, -0.2) is 0 Å². The van der Waals surface area contributed by atoms with Crippen molar-refractivity contribution in [2.75, 3.05) is 17.2 Å². The first-order chi connectivity index (χ1) is 15.7. The molecule has 1 aliphatic carbocycles. The zero-order valence-electron chi connectivity index (χ0n) is 19.2. The summed E-state index contributed by atoms with van der Waals surface area (Å²) in [4.78, 5) is 25.1. The molecule has 5 nitrogen and oxygen atoms in total. The summed E-state index contributed by atoms with van der Waals surface area (Å²) in [5, 5.41) is 5.91. The molecule has 2 amide bonds. The molecule has 0 saturated heterocycles. The van der Waals surface area contributed by atoms with E-state index in [1.165, 1.54) is 32.1 Å². The number of nitrogens with one attached hydrogen (secondary N) is 2. The molecule has 32 heavy (non-hydrogen) atoms. The maximum atomic E-state index is 12.6. The van der Waals surface area contributed by atoms with Gasteiger partial charge < -0.3 is 15.4 Å². The number of hydrogen-bond donors (Lipinski definition) is 2. The van der Waals surface area contributed by atoms with E-state index >= 15 is 0 Å². The average molecular weight is 437 g/mol. The fourth-order valence-corrected chi connectivity index (χ4v) is 4.09. The van der Waals surface area contributed by atoms with Crippen molar-refractivity contribution in [3.05, 3.63) is 54.1 Å². The van der Waals surface area contributed by atoms with Gasteiger partial charge in [0.05, 0.1) is 6.61 Å². The minimum atomic E-state index is -0.188. The fourth-order valence-electron chi connectivity index (χ4n) is 4.09. The molecule has 5 heteroatoms. The van der Waals surface area contributed by atoms with Crippen molar-refractivity contribution in [1.29, 1.82) is 0 Å². The first-order valence-electron chi connectivity index (χ1n) is 12.1. The van der Waals surface area contributed by atoms with Gasteiger partial charge in [0.15, 0.2) is 0 Å². The molecule has 1 fully saturated rings. The summed E-state index contributed by atoms with van der Waals surface area (Å²) in [7, 11) is 0. The number of amides is 2. The molecule has 0 heterocycles. The molecule has 0 aliphatic heterocycles. The Morgan fingerprint density at radius 1 is 0.875 bits per heavy atom. The van der Waals surface area contributed by atoms with Gasteiger partial charge in [0, 0.05) is 22.9 Å². The molecular weight excluding hydrogens is 400 g/mol. The molecule has 2 N–H and O–H groups in total. The molecule has 0 spiro atoms. The van der Waals surface area contributed by atoms with E-state index in [1.807, 2.05) is 30.3 Å². The zero-order valence-corrected chi connectivity index (χ0v) is 19.2. The van der Waals surface area contributed by atoms with Gasteiger partial charge in [0.25, 0.3) is 5.91 Å². The summed E-state index contributed by atoms with van der Waals surface area (Å²) in [6.45, 7) is 2.91. The van der Waals surface area contributed by atoms with Crippen molar-refractivity contribution in [2.45, 2.75) is 71.1 Å². The lowest BCUT2D eigenvalue weighted by Gasteiger charge is -2.20. The largest absolute Gasteiger partial charge is 0.494 e. The van der Waals surface area contributed by atoms with Gasteiger partial charge in [0.2, 0.25) is 5.91 Å². The van der Waals surface area contributed by atoms with E-state index in [1.54, 1.807) is 18.2 Å². The van der Waals surface area contributed by atoms with E-state index < -0.39 is 0 Å². The molecule has 2 aromatic carbocycles. The van der Waals surface area contributed by atoms with Gasteiger partial charge in [-0.1, -0.05) is 57.9 Å². The van der Waals surface area contributed by atoms with Crippen LogP contribution in [0.2, 0.25) is 0 Å². The molecule has 1 saturated carbocycles. The smallest absolute Gasteiger partial charge is 0.255 e. The number of carbonyl (C=O) groups is 2. The summed E-state index contributed by atoms with van der Waals surface area (Å²) in [5.74, 6) is 0.768. The molecule has 0 bridgehead atoms. The van der Waals surface area contributed by atoms with Crippen LogP contribution < -0.4 is 15.4 Å². The summed E-state index contributed by atoms with van der Waals surface area (Å²) in [6.07, 6.45) is 11.4. The van der Waals surface area contributed by atoms with Crippen LogP contribution in [0, 0.1) is 5.92 Å². The third kappa shape index (κ3) is 7.70. The Bertz CT molecular complexity index is 857. The molecule has 1 aliphatic rings. The highest BCUT2D eigenvalue weighted by Gasteiger charge is 2.21. The molecule has 0 atom stereocenters. The molecule has 0 unspecified atom stereocenters. The third-order valence-electron chi connectivity index (χ3n) is 6.00. The van der Waals surface area contributed by atoms with Gasteiger partial charge in [-0.2, -0.15) is 0 Å². The van der Waals surface area contributed by atoms with Gasteiger partial charge in [0.1, 0.15) is 5.75 Å². The summed E-state index contributed by atoms with van der Waals surface area (Å²) < 4.78 is 5.77. The second kappa shape index (κ2) is 12.9. The summed E-state index contributed by atoms with van der Waals surface area (Å²) >= 11 is 0. The zero-order chi connectivity index (χ0) is 22.6. The highest BCUT2D eigenvalue weighted by Crippen LogP contribution is 2.25. The number of anilines is 2. The lowest BCUT2D eigenvalue weighted by Crippen LogP contribution is -2.24. The number of rotatable bonds is 11. The Labute approximate surface area is 191 Å². The number of carbonyl (C=O) groups excluding carboxylic acids is 2. The van der Waals surface area contributed by atoms with E-state index in [0.29, 0.717) is 23.5 Å². The first kappa shape index (κ1) is 23.8. The number of benzene rings is 2. The predicted molar refractivity (Wildman–Crippen MR) is 130 cm³/mol. The molecule has 0 aromatic heterocycles. The van der Waals surface area contributed by atoms with Crippen LogP contribution in [-0.4, -0.2) is 18.4 Å². The lowest BCUT2D eigenvalue weighted by atomic mass is 9.88. The van der Waals surface area contributed by atoms with Crippen LogP contribution in [0.3, 0.4) is 0 Å². The van der Waals surface area contributed by atoms with Crippen LogP contribution in [0.15, 0.2) is 48.5 Å². The Morgan fingerprint density at radius 2 is 1.56 bits per heavy atom. The highest BCUT2D eigenvalue weighted by molar-refractivity contribution is 6.04. The first-order valence-corrected chi connectivity index (χ1v) is 12.1. The number of hydrogen-bond acceptors (Lipinski definition) is 3. The summed E-state index contributed by atoms with van der Waals surface area (Å²) in [6, 6.07) is 14.5.